The SMILES string of the molecule is NC1CC(C(=O)O)N(C(=O)Cc2ccccc2)C1. The zero-order chi connectivity index (χ0) is 13.1. The van der Waals surface area contributed by atoms with Gasteiger partial charge in [-0.25, -0.2) is 4.79 Å². The molecule has 2 rings (SSSR count). The molecular formula is C13H16N2O3. The van der Waals surface area contributed by atoms with Crippen LogP contribution in [0.2, 0.25) is 0 Å². The van der Waals surface area contributed by atoms with Gasteiger partial charge in [0.25, 0.3) is 0 Å². The number of hydrogen-bond donors (Lipinski definition) is 2. The maximum absolute atomic E-state index is 12.1. The van der Waals surface area contributed by atoms with Crippen molar-refractivity contribution in [1.29, 1.82) is 0 Å². The third-order valence-corrected chi connectivity index (χ3v) is 3.14. The number of nitrogens with zero attached hydrogens (tertiary/aromatic N) is 1. The van der Waals surface area contributed by atoms with Gasteiger partial charge in [-0.15, -0.1) is 0 Å². The maximum Gasteiger partial charge on any atom is 0.326 e. The Hall–Kier alpha value is -1.88. The van der Waals surface area contributed by atoms with Crippen molar-refractivity contribution < 1.29 is 14.7 Å². The van der Waals surface area contributed by atoms with Crippen LogP contribution in [0.1, 0.15) is 12.0 Å². The van der Waals surface area contributed by atoms with Crippen molar-refractivity contribution in [2.24, 2.45) is 5.73 Å². The molecule has 0 spiro atoms. The van der Waals surface area contributed by atoms with Crippen molar-refractivity contribution in [2.75, 3.05) is 6.54 Å². The number of carbonyl (C=O) groups is 2. The summed E-state index contributed by atoms with van der Waals surface area (Å²) in [7, 11) is 0. The van der Waals surface area contributed by atoms with E-state index in [9.17, 15) is 9.59 Å². The minimum atomic E-state index is -0.982. The molecule has 18 heavy (non-hydrogen) atoms. The van der Waals surface area contributed by atoms with Crippen molar-refractivity contribution in [2.45, 2.75) is 24.9 Å². The van der Waals surface area contributed by atoms with Crippen LogP contribution >= 0.6 is 0 Å². The Morgan fingerprint density at radius 2 is 2.00 bits per heavy atom. The predicted molar refractivity (Wildman–Crippen MR) is 65.9 cm³/mol. The molecule has 1 amide bonds. The van der Waals surface area contributed by atoms with Gasteiger partial charge >= 0.3 is 5.97 Å². The van der Waals surface area contributed by atoms with E-state index in [4.69, 9.17) is 10.8 Å². The largest absolute Gasteiger partial charge is 0.480 e. The van der Waals surface area contributed by atoms with Crippen LogP contribution in [0, 0.1) is 0 Å². The Morgan fingerprint density at radius 3 is 2.61 bits per heavy atom. The molecule has 0 aliphatic carbocycles. The first-order chi connectivity index (χ1) is 8.58. The van der Waals surface area contributed by atoms with Gasteiger partial charge < -0.3 is 15.7 Å². The maximum atomic E-state index is 12.1. The van der Waals surface area contributed by atoms with Crippen molar-refractivity contribution in [3.63, 3.8) is 0 Å². The second-order valence-electron chi connectivity index (χ2n) is 4.56. The second-order valence-corrected chi connectivity index (χ2v) is 4.56. The molecule has 1 aromatic rings. The predicted octanol–water partition coefficient (Wildman–Crippen LogP) is 0.242. The molecule has 0 saturated carbocycles. The molecular weight excluding hydrogens is 232 g/mol. The van der Waals surface area contributed by atoms with Crippen LogP contribution in [0.4, 0.5) is 0 Å². The van der Waals surface area contributed by atoms with E-state index in [-0.39, 0.29) is 18.4 Å². The highest BCUT2D eigenvalue weighted by Gasteiger charge is 2.37. The molecule has 5 nitrogen and oxygen atoms in total. The van der Waals surface area contributed by atoms with E-state index in [1.165, 1.54) is 4.90 Å². The van der Waals surface area contributed by atoms with Gasteiger partial charge in [-0.3, -0.25) is 4.79 Å². The zero-order valence-electron chi connectivity index (χ0n) is 9.95. The molecule has 0 radical (unpaired) electrons. The number of amides is 1. The molecule has 5 heteroatoms. The molecule has 0 aromatic heterocycles. The van der Waals surface area contributed by atoms with Crippen LogP contribution in [0.3, 0.4) is 0 Å². The Bertz CT molecular complexity index is 447. The second kappa shape index (κ2) is 5.18. The fourth-order valence-corrected chi connectivity index (χ4v) is 2.25. The Labute approximate surface area is 105 Å². The summed E-state index contributed by atoms with van der Waals surface area (Å²) in [5.74, 6) is -1.16. The van der Waals surface area contributed by atoms with Gasteiger partial charge in [0.2, 0.25) is 5.91 Å². The Balaban J connectivity index is 2.06. The average Bonchev–Trinajstić information content (AvgIpc) is 2.73. The fourth-order valence-electron chi connectivity index (χ4n) is 2.25. The summed E-state index contributed by atoms with van der Waals surface area (Å²) >= 11 is 0. The van der Waals surface area contributed by atoms with Crippen LogP contribution in [0.15, 0.2) is 30.3 Å². The number of nitrogens with two attached hydrogens (primary N) is 1. The minimum absolute atomic E-state index is 0.179. The van der Waals surface area contributed by atoms with E-state index >= 15 is 0 Å². The normalized spacial score (nSPS) is 23.1. The zero-order valence-corrected chi connectivity index (χ0v) is 9.95. The molecule has 96 valence electrons. The van der Waals surface area contributed by atoms with Gasteiger partial charge in [-0.05, 0) is 12.0 Å². The van der Waals surface area contributed by atoms with Crippen molar-refractivity contribution in [3.8, 4) is 0 Å². The molecule has 1 aliphatic rings. The van der Waals surface area contributed by atoms with Crippen molar-refractivity contribution in [3.05, 3.63) is 35.9 Å². The molecule has 2 unspecified atom stereocenters. The summed E-state index contributed by atoms with van der Waals surface area (Å²) in [5.41, 5.74) is 6.61. The summed E-state index contributed by atoms with van der Waals surface area (Å²) in [5, 5.41) is 9.07. The summed E-state index contributed by atoms with van der Waals surface area (Å²) in [6, 6.07) is 8.26. The third-order valence-electron chi connectivity index (χ3n) is 3.14. The molecule has 3 N–H and O–H groups in total. The van der Waals surface area contributed by atoms with E-state index in [0.717, 1.165) is 5.56 Å². The van der Waals surface area contributed by atoms with Gasteiger partial charge in [0, 0.05) is 12.6 Å². The molecule has 1 saturated heterocycles. The molecule has 1 heterocycles. The lowest BCUT2D eigenvalue weighted by Gasteiger charge is -2.21. The van der Waals surface area contributed by atoms with Crippen molar-refractivity contribution >= 4 is 11.9 Å². The highest BCUT2D eigenvalue weighted by molar-refractivity contribution is 5.85. The van der Waals surface area contributed by atoms with Gasteiger partial charge in [-0.2, -0.15) is 0 Å². The van der Waals surface area contributed by atoms with Gasteiger partial charge in [0.1, 0.15) is 6.04 Å². The standard InChI is InChI=1S/C13H16N2O3/c14-10-7-11(13(17)18)15(8-10)12(16)6-9-4-2-1-3-5-9/h1-5,10-11H,6-8,14H2,(H,17,18). The number of carboxylic acid groups (broad SMARTS) is 1. The van der Waals surface area contributed by atoms with E-state index in [1.54, 1.807) is 0 Å². The highest BCUT2D eigenvalue weighted by Crippen LogP contribution is 2.18. The summed E-state index contributed by atoms with van der Waals surface area (Å²) in [6.07, 6.45) is 0.549. The molecule has 2 atom stereocenters. The van der Waals surface area contributed by atoms with Crippen LogP contribution in [0.5, 0.6) is 0 Å². The lowest BCUT2D eigenvalue weighted by molar-refractivity contribution is -0.148. The van der Waals surface area contributed by atoms with Crippen LogP contribution < -0.4 is 5.73 Å². The third kappa shape index (κ3) is 2.68. The number of aliphatic carboxylic acids is 1. The number of rotatable bonds is 3. The first kappa shape index (κ1) is 12.6. The summed E-state index contributed by atoms with van der Waals surface area (Å²) < 4.78 is 0. The number of carbonyl (C=O) groups excluding carboxylic acids is 1. The Morgan fingerprint density at radius 1 is 1.33 bits per heavy atom. The number of hydrogen-bond acceptors (Lipinski definition) is 3. The van der Waals surface area contributed by atoms with Gasteiger partial charge in [-0.1, -0.05) is 30.3 Å². The lowest BCUT2D eigenvalue weighted by Crippen LogP contribution is -2.41. The van der Waals surface area contributed by atoms with Crippen LogP contribution in [-0.2, 0) is 16.0 Å². The van der Waals surface area contributed by atoms with Gasteiger partial charge in [0.05, 0.1) is 6.42 Å². The topological polar surface area (TPSA) is 83.6 Å². The summed E-state index contributed by atoms with van der Waals surface area (Å²) in [6.45, 7) is 0.322. The number of likely N-dealkylation sites (tertiary alicyclic amines) is 1. The number of benzene rings is 1. The molecule has 0 bridgehead atoms. The Kier molecular flexibility index (Phi) is 3.62. The minimum Gasteiger partial charge on any atom is -0.480 e. The van der Waals surface area contributed by atoms with E-state index in [0.29, 0.717) is 13.0 Å². The molecule has 1 aliphatic heterocycles. The molecule has 1 aromatic carbocycles. The van der Waals surface area contributed by atoms with Crippen molar-refractivity contribution in [1.82, 2.24) is 4.90 Å². The van der Waals surface area contributed by atoms with E-state index in [1.807, 2.05) is 30.3 Å². The monoisotopic (exact) mass is 248 g/mol. The quantitative estimate of drug-likeness (QED) is 0.802. The first-order valence-electron chi connectivity index (χ1n) is 5.89. The van der Waals surface area contributed by atoms with Gasteiger partial charge in [0.15, 0.2) is 0 Å². The van der Waals surface area contributed by atoms with Crippen LogP contribution in [0.25, 0.3) is 0 Å². The smallest absolute Gasteiger partial charge is 0.326 e. The number of carboxylic acids is 1. The lowest BCUT2D eigenvalue weighted by atomic mass is 10.1. The van der Waals surface area contributed by atoms with Crippen LogP contribution in [-0.4, -0.2) is 40.5 Å². The summed E-state index contributed by atoms with van der Waals surface area (Å²) in [4.78, 5) is 24.5. The average molecular weight is 248 g/mol. The molecule has 1 fully saturated rings. The highest BCUT2D eigenvalue weighted by atomic mass is 16.4. The van der Waals surface area contributed by atoms with E-state index < -0.39 is 12.0 Å². The fraction of sp³-hybridized carbons (Fsp3) is 0.385. The first-order valence-corrected chi connectivity index (χ1v) is 5.89. The van der Waals surface area contributed by atoms with E-state index in [2.05, 4.69) is 0 Å².